The van der Waals surface area contributed by atoms with Crippen LogP contribution in [-0.4, -0.2) is 50.1 Å². The second kappa shape index (κ2) is 5.79. The summed E-state index contributed by atoms with van der Waals surface area (Å²) in [5.74, 6) is 0.560. The van der Waals surface area contributed by atoms with Crippen molar-refractivity contribution in [3.8, 4) is 0 Å². The van der Waals surface area contributed by atoms with Gasteiger partial charge in [-0.05, 0) is 31.1 Å². The number of hydrogen-bond donors (Lipinski definition) is 1. The lowest BCUT2D eigenvalue weighted by Crippen LogP contribution is -2.51. The summed E-state index contributed by atoms with van der Waals surface area (Å²) in [5.41, 5.74) is 0.641. The number of benzene rings is 1. The minimum atomic E-state index is -0.187. The van der Waals surface area contributed by atoms with Crippen LogP contribution in [0.5, 0.6) is 0 Å². The Bertz CT molecular complexity index is 482. The molecule has 0 spiro atoms. The van der Waals surface area contributed by atoms with E-state index in [-0.39, 0.29) is 11.7 Å². The van der Waals surface area contributed by atoms with E-state index in [2.05, 4.69) is 5.32 Å². The Kier molecular flexibility index (Phi) is 3.87. The largest absolute Gasteiger partial charge is 0.366 e. The van der Waals surface area contributed by atoms with Gasteiger partial charge in [-0.3, -0.25) is 4.79 Å². The predicted octanol–water partition coefficient (Wildman–Crippen LogP) is 1.08. The highest BCUT2D eigenvalue weighted by molar-refractivity contribution is 5.77. The first kappa shape index (κ1) is 13.4. The van der Waals surface area contributed by atoms with Crippen LogP contribution in [0.4, 0.5) is 10.1 Å². The summed E-state index contributed by atoms with van der Waals surface area (Å²) in [4.78, 5) is 16.0. The van der Waals surface area contributed by atoms with Crippen molar-refractivity contribution in [2.24, 2.45) is 5.92 Å². The van der Waals surface area contributed by atoms with Gasteiger partial charge < -0.3 is 15.1 Å². The molecule has 4 nitrogen and oxygen atoms in total. The molecule has 0 bridgehead atoms. The normalized spacial score (nSPS) is 19.9. The molecule has 1 amide bonds. The molecule has 2 fully saturated rings. The molecule has 2 aliphatic rings. The van der Waals surface area contributed by atoms with Gasteiger partial charge >= 0.3 is 0 Å². The monoisotopic (exact) mass is 277 g/mol. The van der Waals surface area contributed by atoms with Crippen LogP contribution in [-0.2, 0) is 4.79 Å². The van der Waals surface area contributed by atoms with Gasteiger partial charge in [-0.25, -0.2) is 4.39 Å². The van der Waals surface area contributed by atoms with E-state index in [1.807, 2.05) is 15.9 Å². The molecule has 2 heterocycles. The number of piperazine rings is 1. The summed E-state index contributed by atoms with van der Waals surface area (Å²) in [6, 6.07) is 6.83. The number of nitrogens with one attached hydrogen (secondary N) is 1. The van der Waals surface area contributed by atoms with Gasteiger partial charge in [-0.1, -0.05) is 12.1 Å². The first-order valence-electron chi connectivity index (χ1n) is 7.22. The molecule has 0 radical (unpaired) electrons. The second-order valence-corrected chi connectivity index (χ2v) is 5.55. The summed E-state index contributed by atoms with van der Waals surface area (Å²) in [6.07, 6.45) is 0.646. The summed E-state index contributed by atoms with van der Waals surface area (Å²) >= 11 is 0. The molecule has 0 aromatic heterocycles. The molecule has 3 rings (SSSR count). The van der Waals surface area contributed by atoms with Crippen molar-refractivity contribution in [1.82, 2.24) is 10.2 Å². The van der Waals surface area contributed by atoms with Crippen LogP contribution in [0.3, 0.4) is 0 Å². The maximum atomic E-state index is 13.7. The van der Waals surface area contributed by atoms with Crippen molar-refractivity contribution < 1.29 is 9.18 Å². The van der Waals surface area contributed by atoms with Gasteiger partial charge in [-0.15, -0.1) is 0 Å². The summed E-state index contributed by atoms with van der Waals surface area (Å²) < 4.78 is 13.7. The molecule has 0 unspecified atom stereocenters. The van der Waals surface area contributed by atoms with Crippen LogP contribution in [0.2, 0.25) is 0 Å². The molecule has 108 valence electrons. The summed E-state index contributed by atoms with van der Waals surface area (Å²) in [5, 5.41) is 3.18. The number of carbonyl (C=O) groups excluding carboxylic acids is 1. The molecule has 5 heteroatoms. The lowest BCUT2D eigenvalue weighted by molar-refractivity contribution is -0.132. The number of carbonyl (C=O) groups is 1. The Morgan fingerprint density at radius 3 is 2.50 bits per heavy atom. The third-order valence-electron chi connectivity index (χ3n) is 4.15. The number of halogens is 1. The van der Waals surface area contributed by atoms with Crippen LogP contribution < -0.4 is 10.2 Å². The van der Waals surface area contributed by atoms with E-state index in [9.17, 15) is 9.18 Å². The van der Waals surface area contributed by atoms with E-state index in [4.69, 9.17) is 0 Å². The first-order valence-corrected chi connectivity index (χ1v) is 7.22. The van der Waals surface area contributed by atoms with Gasteiger partial charge in [0.25, 0.3) is 0 Å². The number of para-hydroxylation sites is 1. The third-order valence-corrected chi connectivity index (χ3v) is 4.15. The zero-order valence-corrected chi connectivity index (χ0v) is 11.5. The molecular weight excluding hydrogens is 257 g/mol. The highest BCUT2D eigenvalue weighted by atomic mass is 19.1. The van der Waals surface area contributed by atoms with E-state index < -0.39 is 0 Å². The molecule has 1 N–H and O–H groups in total. The maximum absolute atomic E-state index is 13.7. The number of anilines is 1. The van der Waals surface area contributed by atoms with Gasteiger partial charge in [0.2, 0.25) is 5.91 Å². The minimum absolute atomic E-state index is 0.187. The van der Waals surface area contributed by atoms with Crippen LogP contribution in [0.25, 0.3) is 0 Å². The topological polar surface area (TPSA) is 35.6 Å². The molecule has 1 aromatic rings. The second-order valence-electron chi connectivity index (χ2n) is 5.55. The minimum Gasteiger partial charge on any atom is -0.366 e. The van der Waals surface area contributed by atoms with E-state index in [0.29, 0.717) is 44.2 Å². The number of nitrogens with zero attached hydrogens (tertiary/aromatic N) is 2. The van der Waals surface area contributed by atoms with E-state index in [1.54, 1.807) is 12.1 Å². The Morgan fingerprint density at radius 2 is 1.90 bits per heavy atom. The van der Waals surface area contributed by atoms with Gasteiger partial charge in [-0.2, -0.15) is 0 Å². The molecular formula is C15H20FN3O. The Balaban J connectivity index is 1.54. The molecule has 2 aliphatic heterocycles. The van der Waals surface area contributed by atoms with Crippen molar-refractivity contribution in [1.29, 1.82) is 0 Å². The Hall–Kier alpha value is -1.62. The summed E-state index contributed by atoms with van der Waals surface area (Å²) in [6.45, 7) is 4.70. The highest BCUT2D eigenvalue weighted by Gasteiger charge is 2.26. The van der Waals surface area contributed by atoms with Crippen molar-refractivity contribution in [3.05, 3.63) is 30.1 Å². The van der Waals surface area contributed by atoms with E-state index >= 15 is 0 Å². The molecule has 0 aliphatic carbocycles. The zero-order valence-electron chi connectivity index (χ0n) is 11.5. The average Bonchev–Trinajstić information content (AvgIpc) is 2.43. The van der Waals surface area contributed by atoms with Crippen molar-refractivity contribution in [3.63, 3.8) is 0 Å². The van der Waals surface area contributed by atoms with Crippen molar-refractivity contribution in [2.45, 2.75) is 6.42 Å². The molecule has 20 heavy (non-hydrogen) atoms. The molecule has 2 saturated heterocycles. The van der Waals surface area contributed by atoms with Crippen molar-refractivity contribution in [2.75, 3.05) is 44.2 Å². The van der Waals surface area contributed by atoms with E-state index in [0.717, 1.165) is 13.1 Å². The SMILES string of the molecule is O=C(CC1CNC1)N1CCN(c2ccccc2F)CC1. The van der Waals surface area contributed by atoms with Crippen molar-refractivity contribution >= 4 is 11.6 Å². The lowest BCUT2D eigenvalue weighted by atomic mass is 9.98. The standard InChI is InChI=1S/C15H20FN3O/c16-13-3-1-2-4-14(13)18-5-7-19(8-6-18)15(20)9-12-10-17-11-12/h1-4,12,17H,5-11H2. The zero-order chi connectivity index (χ0) is 13.9. The fourth-order valence-electron chi connectivity index (χ4n) is 2.77. The highest BCUT2D eigenvalue weighted by Crippen LogP contribution is 2.20. The number of amides is 1. The molecule has 0 saturated carbocycles. The Morgan fingerprint density at radius 1 is 1.20 bits per heavy atom. The summed E-state index contributed by atoms with van der Waals surface area (Å²) in [7, 11) is 0. The molecule has 1 aromatic carbocycles. The van der Waals surface area contributed by atoms with Gasteiger partial charge in [0.05, 0.1) is 5.69 Å². The predicted molar refractivity (Wildman–Crippen MR) is 76.2 cm³/mol. The third kappa shape index (κ3) is 2.77. The fraction of sp³-hybridized carbons (Fsp3) is 0.533. The smallest absolute Gasteiger partial charge is 0.223 e. The lowest BCUT2D eigenvalue weighted by Gasteiger charge is -2.37. The average molecular weight is 277 g/mol. The number of rotatable bonds is 3. The molecule has 0 atom stereocenters. The van der Waals surface area contributed by atoms with Gasteiger partial charge in [0.15, 0.2) is 0 Å². The maximum Gasteiger partial charge on any atom is 0.223 e. The van der Waals surface area contributed by atoms with Gasteiger partial charge in [0, 0.05) is 32.6 Å². The fourth-order valence-corrected chi connectivity index (χ4v) is 2.77. The van der Waals surface area contributed by atoms with Gasteiger partial charge in [0.1, 0.15) is 5.82 Å². The van der Waals surface area contributed by atoms with Crippen LogP contribution >= 0.6 is 0 Å². The Labute approximate surface area is 118 Å². The first-order chi connectivity index (χ1) is 9.74. The quantitative estimate of drug-likeness (QED) is 0.898. The van der Waals surface area contributed by atoms with Crippen LogP contribution in [0, 0.1) is 11.7 Å². The van der Waals surface area contributed by atoms with Crippen LogP contribution in [0.15, 0.2) is 24.3 Å². The van der Waals surface area contributed by atoms with Crippen LogP contribution in [0.1, 0.15) is 6.42 Å². The van der Waals surface area contributed by atoms with E-state index in [1.165, 1.54) is 6.07 Å². The number of hydrogen-bond acceptors (Lipinski definition) is 3.